The van der Waals surface area contributed by atoms with Gasteiger partial charge in [0.25, 0.3) is 0 Å². The van der Waals surface area contributed by atoms with Gasteiger partial charge >= 0.3 is 0 Å². The average Bonchev–Trinajstić information content (AvgIpc) is 2.73. The van der Waals surface area contributed by atoms with Crippen LogP contribution in [0.1, 0.15) is 11.1 Å². The summed E-state index contributed by atoms with van der Waals surface area (Å²) in [6.45, 7) is 5.02. The van der Waals surface area contributed by atoms with Crippen molar-refractivity contribution in [2.75, 3.05) is 45.8 Å². The molecule has 2 aromatic rings. The Morgan fingerprint density at radius 3 is 2.52 bits per heavy atom. The van der Waals surface area contributed by atoms with Gasteiger partial charge in [0.1, 0.15) is 0 Å². The number of ether oxygens (including phenoxy) is 3. The molecule has 0 unspecified atom stereocenters. The minimum atomic E-state index is 0. The van der Waals surface area contributed by atoms with Crippen LogP contribution in [0.4, 0.5) is 5.69 Å². The topological polar surface area (TPSA) is 81.3 Å². The normalized spacial score (nSPS) is 14.8. The smallest absolute Gasteiger partial charge is 0.193 e. The molecule has 0 spiro atoms. The lowest BCUT2D eigenvalue weighted by molar-refractivity contribution is 0.0342. The van der Waals surface area contributed by atoms with Crippen LogP contribution >= 0.6 is 24.0 Å². The summed E-state index contributed by atoms with van der Waals surface area (Å²) in [5.74, 6) is 1.66. The van der Waals surface area contributed by atoms with E-state index in [2.05, 4.69) is 39.5 Å². The van der Waals surface area contributed by atoms with Crippen LogP contribution in [-0.2, 0) is 17.8 Å². The number of guanidine groups is 1. The zero-order valence-corrected chi connectivity index (χ0v) is 19.2. The van der Waals surface area contributed by atoms with Crippen LogP contribution in [0.5, 0.6) is 11.5 Å². The Balaban J connectivity index is 0.00000300. The van der Waals surface area contributed by atoms with Crippen molar-refractivity contribution in [2.45, 2.75) is 13.1 Å². The molecule has 2 aromatic carbocycles. The van der Waals surface area contributed by atoms with Crippen molar-refractivity contribution in [3.05, 3.63) is 53.6 Å². The second-order valence-corrected chi connectivity index (χ2v) is 6.60. The van der Waals surface area contributed by atoms with E-state index in [1.165, 1.54) is 5.56 Å². The van der Waals surface area contributed by atoms with Crippen molar-refractivity contribution in [3.8, 4) is 11.5 Å². The molecular weight excluding hydrogens is 483 g/mol. The summed E-state index contributed by atoms with van der Waals surface area (Å²) < 4.78 is 16.0. The molecule has 8 heteroatoms. The molecule has 1 aliphatic rings. The molecule has 1 saturated heterocycles. The Kier molecular flexibility index (Phi) is 9.49. The molecule has 29 heavy (non-hydrogen) atoms. The molecule has 0 aliphatic carbocycles. The van der Waals surface area contributed by atoms with E-state index in [1.807, 2.05) is 18.2 Å². The Bertz CT molecular complexity index is 810. The van der Waals surface area contributed by atoms with Crippen LogP contribution in [0, 0.1) is 0 Å². The monoisotopic (exact) mass is 512 g/mol. The SMILES string of the molecule is COc1ccc(NC(N)=NCc2cccc(CN3CCOCC3)c2)cc1OC.I. The van der Waals surface area contributed by atoms with Gasteiger partial charge in [0.15, 0.2) is 17.5 Å². The van der Waals surface area contributed by atoms with Crippen molar-refractivity contribution < 1.29 is 14.2 Å². The number of hydrogen-bond acceptors (Lipinski definition) is 5. The number of aliphatic imine (C=N–C) groups is 1. The molecule has 158 valence electrons. The number of methoxy groups -OCH3 is 2. The highest BCUT2D eigenvalue weighted by atomic mass is 127. The van der Waals surface area contributed by atoms with Crippen LogP contribution in [0.3, 0.4) is 0 Å². The van der Waals surface area contributed by atoms with E-state index in [9.17, 15) is 0 Å². The summed E-state index contributed by atoms with van der Waals surface area (Å²) >= 11 is 0. The van der Waals surface area contributed by atoms with E-state index < -0.39 is 0 Å². The molecule has 0 bridgehead atoms. The first-order valence-electron chi connectivity index (χ1n) is 9.35. The molecule has 0 aromatic heterocycles. The minimum absolute atomic E-state index is 0. The summed E-state index contributed by atoms with van der Waals surface area (Å²) in [5.41, 5.74) is 9.25. The first-order chi connectivity index (χ1) is 13.7. The minimum Gasteiger partial charge on any atom is -0.493 e. The van der Waals surface area contributed by atoms with E-state index in [0.717, 1.165) is 44.1 Å². The highest BCUT2D eigenvalue weighted by Gasteiger charge is 2.10. The predicted octanol–water partition coefficient (Wildman–Crippen LogP) is 3.08. The van der Waals surface area contributed by atoms with Gasteiger partial charge in [-0.05, 0) is 23.3 Å². The standard InChI is InChI=1S/C21H28N4O3.HI/c1-26-19-7-6-18(13-20(19)27-2)24-21(22)23-14-16-4-3-5-17(12-16)15-25-8-10-28-11-9-25;/h3-7,12-13H,8-11,14-15H2,1-2H3,(H3,22,23,24);1H. The third-order valence-corrected chi connectivity index (χ3v) is 4.59. The van der Waals surface area contributed by atoms with E-state index in [0.29, 0.717) is 24.0 Å². The molecule has 0 saturated carbocycles. The lowest BCUT2D eigenvalue weighted by atomic mass is 10.1. The average molecular weight is 512 g/mol. The summed E-state index contributed by atoms with van der Waals surface area (Å²) in [4.78, 5) is 6.85. The molecule has 0 amide bonds. The maximum atomic E-state index is 6.05. The molecule has 3 N–H and O–H groups in total. The fourth-order valence-electron chi connectivity index (χ4n) is 3.12. The van der Waals surface area contributed by atoms with Gasteiger partial charge in [0.2, 0.25) is 0 Å². The number of anilines is 1. The lowest BCUT2D eigenvalue weighted by Gasteiger charge is -2.26. The Labute approximate surface area is 189 Å². The fraction of sp³-hybridized carbons (Fsp3) is 0.381. The Morgan fingerprint density at radius 1 is 1.07 bits per heavy atom. The van der Waals surface area contributed by atoms with Crippen molar-refractivity contribution in [3.63, 3.8) is 0 Å². The lowest BCUT2D eigenvalue weighted by Crippen LogP contribution is -2.35. The number of hydrogen-bond donors (Lipinski definition) is 2. The second kappa shape index (κ2) is 11.8. The van der Waals surface area contributed by atoms with Crippen LogP contribution < -0.4 is 20.5 Å². The summed E-state index contributed by atoms with van der Waals surface area (Å²) in [6, 6.07) is 14.0. The number of halogens is 1. The van der Waals surface area contributed by atoms with Gasteiger partial charge in [0.05, 0.1) is 34.0 Å². The van der Waals surface area contributed by atoms with Gasteiger partial charge in [-0.3, -0.25) is 4.90 Å². The molecule has 7 nitrogen and oxygen atoms in total. The van der Waals surface area contributed by atoms with E-state index in [1.54, 1.807) is 14.2 Å². The number of nitrogens with zero attached hydrogens (tertiary/aromatic N) is 2. The van der Waals surface area contributed by atoms with Gasteiger partial charge in [0, 0.05) is 31.4 Å². The van der Waals surface area contributed by atoms with Crippen LogP contribution in [0.15, 0.2) is 47.5 Å². The molecule has 0 radical (unpaired) electrons. The van der Waals surface area contributed by atoms with Gasteiger partial charge in [-0.25, -0.2) is 4.99 Å². The summed E-state index contributed by atoms with van der Waals surface area (Å²) in [6.07, 6.45) is 0. The molecule has 1 fully saturated rings. The molecule has 3 rings (SSSR count). The number of benzene rings is 2. The highest BCUT2D eigenvalue weighted by Crippen LogP contribution is 2.29. The zero-order chi connectivity index (χ0) is 19.8. The third-order valence-electron chi connectivity index (χ3n) is 4.59. The van der Waals surface area contributed by atoms with E-state index in [-0.39, 0.29) is 24.0 Å². The maximum absolute atomic E-state index is 6.05. The van der Waals surface area contributed by atoms with Crippen molar-refractivity contribution in [1.29, 1.82) is 0 Å². The largest absolute Gasteiger partial charge is 0.493 e. The van der Waals surface area contributed by atoms with Gasteiger partial charge in [-0.15, -0.1) is 24.0 Å². The first-order valence-corrected chi connectivity index (χ1v) is 9.35. The maximum Gasteiger partial charge on any atom is 0.193 e. The molecule has 1 heterocycles. The van der Waals surface area contributed by atoms with Crippen LogP contribution in [-0.4, -0.2) is 51.4 Å². The quantitative estimate of drug-likeness (QED) is 0.337. The zero-order valence-electron chi connectivity index (χ0n) is 16.9. The van der Waals surface area contributed by atoms with Gasteiger partial charge < -0.3 is 25.3 Å². The fourth-order valence-corrected chi connectivity index (χ4v) is 3.12. The summed E-state index contributed by atoms with van der Waals surface area (Å²) in [5, 5.41) is 3.09. The number of nitrogens with one attached hydrogen (secondary N) is 1. The van der Waals surface area contributed by atoms with E-state index in [4.69, 9.17) is 19.9 Å². The van der Waals surface area contributed by atoms with Crippen molar-refractivity contribution in [1.82, 2.24) is 4.90 Å². The predicted molar refractivity (Wildman–Crippen MR) is 126 cm³/mol. The Morgan fingerprint density at radius 2 is 1.79 bits per heavy atom. The first kappa shape index (κ1) is 23.2. The molecule has 1 aliphatic heterocycles. The number of nitrogens with two attached hydrogens (primary N) is 1. The number of rotatable bonds is 7. The van der Waals surface area contributed by atoms with Gasteiger partial charge in [-0.1, -0.05) is 24.3 Å². The van der Waals surface area contributed by atoms with Crippen LogP contribution in [0.2, 0.25) is 0 Å². The highest BCUT2D eigenvalue weighted by molar-refractivity contribution is 14.0. The Hall–Kier alpha value is -2.04. The van der Waals surface area contributed by atoms with E-state index >= 15 is 0 Å². The molecular formula is C21H29IN4O3. The molecule has 0 atom stereocenters. The second-order valence-electron chi connectivity index (χ2n) is 6.60. The summed E-state index contributed by atoms with van der Waals surface area (Å²) in [7, 11) is 3.21. The van der Waals surface area contributed by atoms with Gasteiger partial charge in [-0.2, -0.15) is 0 Å². The third kappa shape index (κ3) is 7.06. The van der Waals surface area contributed by atoms with Crippen molar-refractivity contribution >= 4 is 35.6 Å². The number of morpholine rings is 1. The van der Waals surface area contributed by atoms with Crippen molar-refractivity contribution in [2.24, 2.45) is 10.7 Å². The van der Waals surface area contributed by atoms with Crippen LogP contribution in [0.25, 0.3) is 0 Å².